The van der Waals surface area contributed by atoms with Crippen molar-refractivity contribution >= 4 is 11.5 Å². The van der Waals surface area contributed by atoms with Gasteiger partial charge in [-0.3, -0.25) is 5.10 Å². The van der Waals surface area contributed by atoms with Crippen molar-refractivity contribution in [2.75, 3.05) is 11.9 Å². The van der Waals surface area contributed by atoms with Crippen molar-refractivity contribution < 1.29 is 4.92 Å². The lowest BCUT2D eigenvalue weighted by Crippen LogP contribution is -2.06. The molecule has 0 saturated heterocycles. The number of nitrogens with one attached hydrogen (secondary N) is 2. The van der Waals surface area contributed by atoms with E-state index in [9.17, 15) is 10.1 Å². The van der Waals surface area contributed by atoms with Gasteiger partial charge >= 0.3 is 5.82 Å². The zero-order valence-electron chi connectivity index (χ0n) is 9.54. The van der Waals surface area contributed by atoms with E-state index in [1.807, 2.05) is 0 Å². The summed E-state index contributed by atoms with van der Waals surface area (Å²) in [5.74, 6) is 0.648. The third-order valence-corrected chi connectivity index (χ3v) is 2.33. The quantitative estimate of drug-likeness (QED) is 0.451. The predicted molar refractivity (Wildman–Crippen MR) is 64.1 cm³/mol. The molecule has 0 fully saturated rings. The standard InChI is InChI=1S/C10H12N6O2/c17-16(18)10-8(3-1-6-12-10)11-5-2-4-9-13-7-14-15-9/h1,3,6-7,11H,2,4-5H2,(H,13,14,15). The fourth-order valence-corrected chi connectivity index (χ4v) is 1.51. The van der Waals surface area contributed by atoms with Crippen molar-refractivity contribution in [3.05, 3.63) is 40.6 Å². The topological polar surface area (TPSA) is 110 Å². The van der Waals surface area contributed by atoms with E-state index in [1.54, 1.807) is 12.1 Å². The van der Waals surface area contributed by atoms with Gasteiger partial charge in [-0.05, 0) is 28.5 Å². The molecule has 0 aliphatic heterocycles. The summed E-state index contributed by atoms with van der Waals surface area (Å²) in [6.07, 6.45) is 4.38. The summed E-state index contributed by atoms with van der Waals surface area (Å²) in [4.78, 5) is 17.9. The lowest BCUT2D eigenvalue weighted by molar-refractivity contribution is -0.388. The number of nitro groups is 1. The van der Waals surface area contributed by atoms with Crippen molar-refractivity contribution in [1.82, 2.24) is 20.2 Å². The van der Waals surface area contributed by atoms with Crippen LogP contribution >= 0.6 is 0 Å². The molecule has 0 aliphatic rings. The normalized spacial score (nSPS) is 10.2. The molecule has 0 amide bonds. The first-order valence-corrected chi connectivity index (χ1v) is 5.45. The van der Waals surface area contributed by atoms with Gasteiger partial charge < -0.3 is 15.4 Å². The number of aromatic nitrogens is 4. The molecule has 2 N–H and O–H groups in total. The molecule has 0 saturated carbocycles. The summed E-state index contributed by atoms with van der Waals surface area (Å²) >= 11 is 0. The van der Waals surface area contributed by atoms with Crippen LogP contribution in [0.3, 0.4) is 0 Å². The first kappa shape index (κ1) is 12.0. The van der Waals surface area contributed by atoms with Gasteiger partial charge in [0.05, 0.1) is 0 Å². The number of aromatic amines is 1. The molecule has 0 bridgehead atoms. The van der Waals surface area contributed by atoms with Crippen LogP contribution in [0, 0.1) is 10.1 Å². The Morgan fingerprint density at radius 2 is 2.33 bits per heavy atom. The van der Waals surface area contributed by atoms with Gasteiger partial charge in [-0.15, -0.1) is 0 Å². The molecule has 8 nitrogen and oxygen atoms in total. The highest BCUT2D eigenvalue weighted by atomic mass is 16.6. The first-order chi connectivity index (χ1) is 8.77. The number of hydrogen-bond acceptors (Lipinski definition) is 6. The van der Waals surface area contributed by atoms with Crippen LogP contribution < -0.4 is 5.32 Å². The minimum atomic E-state index is -0.501. The molecule has 0 aromatic carbocycles. The molecule has 0 unspecified atom stereocenters. The minimum absolute atomic E-state index is 0.155. The van der Waals surface area contributed by atoms with E-state index in [4.69, 9.17) is 0 Å². The Bertz CT molecular complexity index is 513. The molecule has 18 heavy (non-hydrogen) atoms. The Morgan fingerprint density at radius 3 is 3.06 bits per heavy atom. The zero-order valence-corrected chi connectivity index (χ0v) is 9.54. The SMILES string of the molecule is O=[N+]([O-])c1ncccc1NCCCc1ncn[nH]1. The third kappa shape index (κ3) is 3.00. The molecule has 0 aliphatic carbocycles. The highest BCUT2D eigenvalue weighted by Gasteiger charge is 2.12. The maximum absolute atomic E-state index is 10.7. The lowest BCUT2D eigenvalue weighted by atomic mass is 10.3. The van der Waals surface area contributed by atoms with Crippen LogP contribution in [0.4, 0.5) is 11.5 Å². The first-order valence-electron chi connectivity index (χ1n) is 5.45. The average Bonchev–Trinajstić information content (AvgIpc) is 2.88. The monoisotopic (exact) mass is 248 g/mol. The summed E-state index contributed by atoms with van der Waals surface area (Å²) in [6.45, 7) is 0.604. The number of anilines is 1. The van der Waals surface area contributed by atoms with Crippen LogP contribution in [0.1, 0.15) is 12.2 Å². The van der Waals surface area contributed by atoms with E-state index in [0.29, 0.717) is 12.2 Å². The largest absolute Gasteiger partial charge is 0.386 e. The Hall–Kier alpha value is -2.51. The van der Waals surface area contributed by atoms with Gasteiger partial charge in [-0.1, -0.05) is 0 Å². The zero-order chi connectivity index (χ0) is 12.8. The van der Waals surface area contributed by atoms with Gasteiger partial charge in [0.2, 0.25) is 0 Å². The molecule has 2 heterocycles. The number of hydrogen-bond donors (Lipinski definition) is 2. The predicted octanol–water partition coefficient (Wildman–Crippen LogP) is 1.15. The second-order valence-electron chi connectivity index (χ2n) is 3.59. The van der Waals surface area contributed by atoms with Crippen LogP contribution in [-0.2, 0) is 6.42 Å². The van der Waals surface area contributed by atoms with Crippen molar-refractivity contribution in [3.8, 4) is 0 Å². The molecule has 2 rings (SSSR count). The average molecular weight is 248 g/mol. The van der Waals surface area contributed by atoms with Crippen LogP contribution in [0.25, 0.3) is 0 Å². The fourth-order valence-electron chi connectivity index (χ4n) is 1.51. The number of aryl methyl sites for hydroxylation is 1. The van der Waals surface area contributed by atoms with Gasteiger partial charge in [0.1, 0.15) is 24.0 Å². The number of rotatable bonds is 6. The fraction of sp³-hybridized carbons (Fsp3) is 0.300. The molecule has 0 atom stereocenters. The van der Waals surface area contributed by atoms with Gasteiger partial charge in [0.15, 0.2) is 0 Å². The smallest absolute Gasteiger partial charge is 0.378 e. The summed E-state index contributed by atoms with van der Waals surface area (Å²) in [6, 6.07) is 3.30. The van der Waals surface area contributed by atoms with Crippen molar-refractivity contribution in [1.29, 1.82) is 0 Å². The Morgan fingerprint density at radius 1 is 1.44 bits per heavy atom. The summed E-state index contributed by atoms with van der Waals surface area (Å²) in [5.41, 5.74) is 0.431. The Labute approximate surface area is 103 Å². The van der Waals surface area contributed by atoms with Crippen LogP contribution in [0.15, 0.2) is 24.7 Å². The number of nitrogens with zero attached hydrogens (tertiary/aromatic N) is 4. The molecular formula is C10H12N6O2. The maximum Gasteiger partial charge on any atom is 0.386 e. The third-order valence-electron chi connectivity index (χ3n) is 2.33. The molecule has 8 heteroatoms. The van der Waals surface area contributed by atoms with Crippen LogP contribution in [-0.4, -0.2) is 31.6 Å². The van der Waals surface area contributed by atoms with Crippen molar-refractivity contribution in [2.45, 2.75) is 12.8 Å². The second-order valence-corrected chi connectivity index (χ2v) is 3.59. The summed E-state index contributed by atoms with van der Waals surface area (Å²) in [7, 11) is 0. The molecular weight excluding hydrogens is 236 g/mol. The number of pyridine rings is 1. The Balaban J connectivity index is 1.85. The Kier molecular flexibility index (Phi) is 3.79. The number of H-pyrrole nitrogens is 1. The highest BCUT2D eigenvalue weighted by molar-refractivity contribution is 5.56. The van der Waals surface area contributed by atoms with E-state index in [2.05, 4.69) is 25.5 Å². The highest BCUT2D eigenvalue weighted by Crippen LogP contribution is 2.19. The molecule has 94 valence electrons. The molecule has 2 aromatic rings. The van der Waals surface area contributed by atoms with Gasteiger partial charge in [0.25, 0.3) is 0 Å². The molecule has 0 spiro atoms. The lowest BCUT2D eigenvalue weighted by Gasteiger charge is -2.05. The van der Waals surface area contributed by atoms with Crippen molar-refractivity contribution in [2.24, 2.45) is 0 Å². The van der Waals surface area contributed by atoms with E-state index in [0.717, 1.165) is 18.7 Å². The van der Waals surface area contributed by atoms with Gasteiger partial charge in [0, 0.05) is 13.0 Å². The minimum Gasteiger partial charge on any atom is -0.378 e. The maximum atomic E-state index is 10.7. The van der Waals surface area contributed by atoms with Crippen molar-refractivity contribution in [3.63, 3.8) is 0 Å². The van der Waals surface area contributed by atoms with Gasteiger partial charge in [-0.25, -0.2) is 4.98 Å². The van der Waals surface area contributed by atoms with E-state index in [1.165, 1.54) is 12.5 Å². The van der Waals surface area contributed by atoms with Crippen LogP contribution in [0.2, 0.25) is 0 Å². The summed E-state index contributed by atoms with van der Waals surface area (Å²) < 4.78 is 0. The molecule has 2 aromatic heterocycles. The van der Waals surface area contributed by atoms with E-state index in [-0.39, 0.29) is 5.82 Å². The van der Waals surface area contributed by atoms with Crippen LogP contribution in [0.5, 0.6) is 0 Å². The second kappa shape index (κ2) is 5.71. The molecule has 0 radical (unpaired) electrons. The van der Waals surface area contributed by atoms with E-state index >= 15 is 0 Å². The van der Waals surface area contributed by atoms with Gasteiger partial charge in [-0.2, -0.15) is 5.10 Å². The summed E-state index contributed by atoms with van der Waals surface area (Å²) in [5, 5.41) is 20.2. The van der Waals surface area contributed by atoms with E-state index < -0.39 is 4.92 Å².